The number of carbonyl (C=O) groups excluding carboxylic acids is 1. The van der Waals surface area contributed by atoms with Crippen LogP contribution in [0.4, 0.5) is 5.69 Å². The number of para-hydroxylation sites is 1. The van der Waals surface area contributed by atoms with Crippen LogP contribution in [-0.2, 0) is 4.79 Å². The molecule has 2 aliphatic rings. The third kappa shape index (κ3) is 2.44. The Kier molecular flexibility index (Phi) is 4.17. The molecule has 3 heterocycles. The molecular weight excluding hydrogens is 366 g/mol. The molecule has 1 saturated heterocycles. The first kappa shape index (κ1) is 18.5. The Balaban J connectivity index is 2.02. The highest BCUT2D eigenvalue weighted by Crippen LogP contribution is 2.56. The lowest BCUT2D eigenvalue weighted by atomic mass is 9.70. The summed E-state index contributed by atoms with van der Waals surface area (Å²) < 4.78 is 0. The van der Waals surface area contributed by atoms with Crippen LogP contribution in [0, 0.1) is 33.5 Å². The van der Waals surface area contributed by atoms with Crippen molar-refractivity contribution < 1.29 is 4.79 Å². The second kappa shape index (κ2) is 6.33. The van der Waals surface area contributed by atoms with Gasteiger partial charge in [-0.3, -0.25) is 4.79 Å². The number of rotatable bonds is 2. The monoisotopic (exact) mass is 387 g/mol. The van der Waals surface area contributed by atoms with E-state index in [2.05, 4.69) is 12.1 Å². The van der Waals surface area contributed by atoms with Crippen LogP contribution in [0.5, 0.6) is 0 Å². The molecular formula is C23H21N3OS. The molecule has 3 atom stereocenters. The molecule has 2 aromatic rings. The number of thiophene rings is 1. The van der Waals surface area contributed by atoms with Crippen molar-refractivity contribution in [3.8, 4) is 12.1 Å². The van der Waals surface area contributed by atoms with E-state index in [-0.39, 0.29) is 5.78 Å². The predicted molar refractivity (Wildman–Crippen MR) is 111 cm³/mol. The standard InChI is InChI=1S/C23H21N3OS/c1-22(2,3)21(27)20-19(17-9-6-12-28-17)23(13-24,14-25)18-11-10-15-7-4-5-8-16(15)26(18)20/h4-12,18-20H,1-3H3/t18-,19-,20+/m0/s1. The largest absolute Gasteiger partial charge is 0.351 e. The molecule has 2 aliphatic heterocycles. The van der Waals surface area contributed by atoms with Crippen molar-refractivity contribution in [1.82, 2.24) is 0 Å². The minimum Gasteiger partial charge on any atom is -0.351 e. The third-order valence-electron chi connectivity index (χ3n) is 5.77. The maximum Gasteiger partial charge on any atom is 0.177 e. The minimum absolute atomic E-state index is 0.0494. The highest BCUT2D eigenvalue weighted by atomic mass is 32.1. The van der Waals surface area contributed by atoms with E-state index in [0.29, 0.717) is 0 Å². The Hall–Kier alpha value is -2.89. The summed E-state index contributed by atoms with van der Waals surface area (Å²) in [5.74, 6) is -0.455. The summed E-state index contributed by atoms with van der Waals surface area (Å²) in [6.07, 6.45) is 3.89. The average molecular weight is 388 g/mol. The van der Waals surface area contributed by atoms with E-state index in [1.165, 1.54) is 11.3 Å². The van der Waals surface area contributed by atoms with Gasteiger partial charge in [0.05, 0.1) is 30.1 Å². The summed E-state index contributed by atoms with van der Waals surface area (Å²) in [5, 5.41) is 22.4. The fourth-order valence-electron chi connectivity index (χ4n) is 4.45. The molecule has 0 aliphatic carbocycles. The zero-order valence-corrected chi connectivity index (χ0v) is 16.9. The molecule has 0 N–H and O–H groups in total. The van der Waals surface area contributed by atoms with Gasteiger partial charge in [-0.15, -0.1) is 11.3 Å². The maximum absolute atomic E-state index is 13.7. The number of nitriles is 2. The molecule has 1 aromatic carbocycles. The lowest BCUT2D eigenvalue weighted by molar-refractivity contribution is -0.127. The average Bonchev–Trinajstić information content (AvgIpc) is 3.30. The van der Waals surface area contributed by atoms with Crippen molar-refractivity contribution in [2.45, 2.75) is 38.8 Å². The zero-order valence-electron chi connectivity index (χ0n) is 16.1. The van der Waals surface area contributed by atoms with E-state index in [1.54, 1.807) is 0 Å². The molecule has 0 amide bonds. The van der Waals surface area contributed by atoms with Crippen molar-refractivity contribution in [1.29, 1.82) is 10.5 Å². The summed E-state index contributed by atoms with van der Waals surface area (Å²) in [7, 11) is 0. The third-order valence-corrected chi connectivity index (χ3v) is 6.73. The van der Waals surface area contributed by atoms with Crippen LogP contribution < -0.4 is 4.90 Å². The number of nitrogens with zero attached hydrogens (tertiary/aromatic N) is 3. The normalized spacial score (nSPS) is 24.8. The Morgan fingerprint density at radius 2 is 1.86 bits per heavy atom. The van der Waals surface area contributed by atoms with E-state index < -0.39 is 28.8 Å². The fourth-order valence-corrected chi connectivity index (χ4v) is 5.39. The number of carbonyl (C=O) groups is 1. The summed E-state index contributed by atoms with van der Waals surface area (Å²) >= 11 is 1.51. The lowest BCUT2D eigenvalue weighted by Gasteiger charge is -2.37. The topological polar surface area (TPSA) is 67.9 Å². The second-order valence-corrected chi connectivity index (χ2v) is 9.39. The van der Waals surface area contributed by atoms with Crippen molar-refractivity contribution in [3.63, 3.8) is 0 Å². The van der Waals surface area contributed by atoms with Crippen molar-refractivity contribution in [3.05, 3.63) is 58.3 Å². The molecule has 5 heteroatoms. The van der Waals surface area contributed by atoms with Crippen LogP contribution in [0.15, 0.2) is 47.9 Å². The zero-order chi connectivity index (χ0) is 20.1. The minimum atomic E-state index is -1.33. The molecule has 140 valence electrons. The quantitative estimate of drug-likeness (QED) is 0.745. The molecule has 4 nitrogen and oxygen atoms in total. The summed E-state index contributed by atoms with van der Waals surface area (Å²) in [6, 6.07) is 15.3. The van der Waals surface area contributed by atoms with Gasteiger partial charge >= 0.3 is 0 Å². The van der Waals surface area contributed by atoms with E-state index in [4.69, 9.17) is 0 Å². The second-order valence-electron chi connectivity index (χ2n) is 8.41. The number of hydrogen-bond donors (Lipinski definition) is 0. The van der Waals surface area contributed by atoms with Gasteiger partial charge < -0.3 is 4.90 Å². The van der Waals surface area contributed by atoms with Gasteiger partial charge in [0.1, 0.15) is 0 Å². The van der Waals surface area contributed by atoms with Crippen LogP contribution in [0.25, 0.3) is 6.08 Å². The van der Waals surface area contributed by atoms with Gasteiger partial charge in [0.25, 0.3) is 0 Å². The van der Waals surface area contributed by atoms with Crippen molar-refractivity contribution in [2.24, 2.45) is 10.8 Å². The Bertz CT molecular complexity index is 1020. The van der Waals surface area contributed by atoms with Crippen LogP contribution in [0.2, 0.25) is 0 Å². The summed E-state index contributed by atoms with van der Waals surface area (Å²) in [5.41, 5.74) is -0.0175. The molecule has 0 unspecified atom stereocenters. The first-order valence-electron chi connectivity index (χ1n) is 9.31. The van der Waals surface area contributed by atoms with Gasteiger partial charge in [-0.2, -0.15) is 10.5 Å². The van der Waals surface area contributed by atoms with Gasteiger partial charge in [0.2, 0.25) is 0 Å². The van der Waals surface area contributed by atoms with E-state index in [9.17, 15) is 15.3 Å². The van der Waals surface area contributed by atoms with Crippen molar-refractivity contribution >= 4 is 28.9 Å². The van der Waals surface area contributed by atoms with E-state index >= 15 is 0 Å². The van der Waals surface area contributed by atoms with Gasteiger partial charge in [-0.25, -0.2) is 0 Å². The summed E-state index contributed by atoms with van der Waals surface area (Å²) in [6.45, 7) is 5.71. The number of benzene rings is 1. The highest BCUT2D eigenvalue weighted by Gasteiger charge is 2.64. The van der Waals surface area contributed by atoms with Gasteiger partial charge in [-0.05, 0) is 23.1 Å². The Morgan fingerprint density at radius 3 is 2.46 bits per heavy atom. The molecule has 4 rings (SSSR count). The number of ketones is 1. The van der Waals surface area contributed by atoms with Crippen molar-refractivity contribution in [2.75, 3.05) is 4.90 Å². The Labute approximate surface area is 169 Å². The molecule has 28 heavy (non-hydrogen) atoms. The molecule has 0 spiro atoms. The smallest absolute Gasteiger partial charge is 0.177 e. The summed E-state index contributed by atoms with van der Waals surface area (Å²) in [4.78, 5) is 16.6. The molecule has 1 fully saturated rings. The number of anilines is 1. The Morgan fingerprint density at radius 1 is 1.14 bits per heavy atom. The number of hydrogen-bond acceptors (Lipinski definition) is 5. The molecule has 1 aromatic heterocycles. The predicted octanol–water partition coefficient (Wildman–Crippen LogP) is 4.76. The first-order chi connectivity index (χ1) is 13.3. The SMILES string of the molecule is CC(C)(C)C(=O)[C@H]1[C@H](c2cccs2)C(C#N)(C#N)[C@@H]2C=Cc3ccccc3N21. The lowest BCUT2D eigenvalue weighted by Crippen LogP contribution is -2.47. The molecule has 0 saturated carbocycles. The van der Waals surface area contributed by atoms with Crippen LogP contribution >= 0.6 is 11.3 Å². The number of fused-ring (bicyclic) bond motifs is 3. The number of Topliss-reactive ketones (excluding diaryl/α,β-unsaturated/α-hetero) is 1. The van der Waals surface area contributed by atoms with Gasteiger partial charge in [0, 0.05) is 16.0 Å². The van der Waals surface area contributed by atoms with Crippen LogP contribution in [0.1, 0.15) is 37.1 Å². The van der Waals surface area contributed by atoms with E-state index in [0.717, 1.165) is 16.1 Å². The maximum atomic E-state index is 13.7. The van der Waals surface area contributed by atoms with Gasteiger partial charge in [-0.1, -0.05) is 57.2 Å². The van der Waals surface area contributed by atoms with Crippen LogP contribution in [0.3, 0.4) is 0 Å². The highest BCUT2D eigenvalue weighted by molar-refractivity contribution is 7.10. The van der Waals surface area contributed by atoms with Crippen LogP contribution in [-0.4, -0.2) is 17.9 Å². The molecule has 0 radical (unpaired) electrons. The van der Waals surface area contributed by atoms with E-state index in [1.807, 2.05) is 79.6 Å². The van der Waals surface area contributed by atoms with Gasteiger partial charge in [0.15, 0.2) is 11.2 Å². The fraction of sp³-hybridized carbons (Fsp3) is 0.348. The molecule has 0 bridgehead atoms. The first-order valence-corrected chi connectivity index (χ1v) is 10.2.